The van der Waals surface area contributed by atoms with Crippen molar-refractivity contribution in [2.75, 3.05) is 6.61 Å². The van der Waals surface area contributed by atoms with E-state index in [-0.39, 0.29) is 17.3 Å². The van der Waals surface area contributed by atoms with Gasteiger partial charge in [-0.15, -0.1) is 0 Å². The molecule has 0 aliphatic carbocycles. The van der Waals surface area contributed by atoms with Crippen molar-refractivity contribution in [2.24, 2.45) is 0 Å². The number of hydrogen-bond donors (Lipinski definition) is 0. The van der Waals surface area contributed by atoms with Crippen LogP contribution in [0.5, 0.6) is 0 Å². The summed E-state index contributed by atoms with van der Waals surface area (Å²) in [5.74, 6) is -1.16. The first-order valence-corrected chi connectivity index (χ1v) is 5.00. The first kappa shape index (κ1) is 10.9. The highest BCUT2D eigenvalue weighted by molar-refractivity contribution is 6.31. The van der Waals surface area contributed by atoms with Crippen LogP contribution in [-0.4, -0.2) is 22.0 Å². The highest BCUT2D eigenvalue weighted by atomic mass is 35.5. The lowest BCUT2D eigenvalue weighted by atomic mass is 10.4. The van der Waals surface area contributed by atoms with Gasteiger partial charge >= 0.3 is 5.97 Å². The fourth-order valence-corrected chi connectivity index (χ4v) is 1.48. The van der Waals surface area contributed by atoms with Crippen LogP contribution in [0, 0.1) is 5.82 Å². The molecule has 0 saturated heterocycles. The smallest absolute Gasteiger partial charge is 0.356 e. The van der Waals surface area contributed by atoms with Gasteiger partial charge in [0, 0.05) is 12.3 Å². The van der Waals surface area contributed by atoms with Gasteiger partial charge in [-0.1, -0.05) is 11.6 Å². The quantitative estimate of drug-likeness (QED) is 0.759. The van der Waals surface area contributed by atoms with Gasteiger partial charge in [0.25, 0.3) is 0 Å². The average molecular weight is 243 g/mol. The van der Waals surface area contributed by atoms with Crippen molar-refractivity contribution < 1.29 is 13.9 Å². The largest absolute Gasteiger partial charge is 0.461 e. The van der Waals surface area contributed by atoms with E-state index in [1.807, 2.05) is 0 Å². The van der Waals surface area contributed by atoms with Gasteiger partial charge in [-0.2, -0.15) is 0 Å². The lowest BCUT2D eigenvalue weighted by molar-refractivity contribution is 0.0518. The molecule has 0 saturated carbocycles. The molecule has 0 radical (unpaired) electrons. The van der Waals surface area contributed by atoms with Crippen molar-refractivity contribution in [1.82, 2.24) is 9.38 Å². The molecule has 0 fully saturated rings. The molecule has 2 rings (SSSR count). The van der Waals surface area contributed by atoms with Gasteiger partial charge in [-0.05, 0) is 6.92 Å². The monoisotopic (exact) mass is 242 g/mol. The van der Waals surface area contributed by atoms with Gasteiger partial charge in [-0.25, -0.2) is 14.2 Å². The molecule has 0 spiro atoms. The molecular formula is C10H8ClFN2O2. The third-order valence-corrected chi connectivity index (χ3v) is 2.33. The summed E-state index contributed by atoms with van der Waals surface area (Å²) < 4.78 is 19.3. The molecular weight excluding hydrogens is 235 g/mol. The van der Waals surface area contributed by atoms with Gasteiger partial charge < -0.3 is 4.74 Å². The molecule has 84 valence electrons. The predicted octanol–water partition coefficient (Wildman–Crippen LogP) is 2.30. The maximum absolute atomic E-state index is 13.2. The zero-order chi connectivity index (χ0) is 11.7. The first-order chi connectivity index (χ1) is 7.63. The second kappa shape index (κ2) is 4.09. The molecule has 16 heavy (non-hydrogen) atoms. The van der Waals surface area contributed by atoms with E-state index in [0.717, 1.165) is 6.20 Å². The Morgan fingerprint density at radius 1 is 1.69 bits per heavy atom. The summed E-state index contributed by atoms with van der Waals surface area (Å²) in [6, 6.07) is 1.35. The Morgan fingerprint density at radius 2 is 2.44 bits per heavy atom. The number of rotatable bonds is 2. The van der Waals surface area contributed by atoms with Crippen molar-refractivity contribution in [3.05, 3.63) is 35.0 Å². The lowest BCUT2D eigenvalue weighted by Gasteiger charge is -2.02. The van der Waals surface area contributed by atoms with E-state index in [2.05, 4.69) is 4.98 Å². The fourth-order valence-electron chi connectivity index (χ4n) is 1.33. The van der Waals surface area contributed by atoms with Crippen LogP contribution in [0.25, 0.3) is 5.65 Å². The minimum Gasteiger partial charge on any atom is -0.461 e. The zero-order valence-electron chi connectivity index (χ0n) is 8.41. The van der Waals surface area contributed by atoms with Crippen LogP contribution in [0.15, 0.2) is 18.5 Å². The van der Waals surface area contributed by atoms with E-state index in [9.17, 15) is 9.18 Å². The number of imidazole rings is 1. The molecule has 2 aromatic heterocycles. The maximum Gasteiger partial charge on any atom is 0.356 e. The predicted molar refractivity (Wildman–Crippen MR) is 56.1 cm³/mol. The second-order valence-electron chi connectivity index (χ2n) is 3.06. The third-order valence-electron chi connectivity index (χ3n) is 2.04. The van der Waals surface area contributed by atoms with Gasteiger partial charge in [0.15, 0.2) is 11.5 Å². The molecule has 0 aliphatic heterocycles. The van der Waals surface area contributed by atoms with E-state index >= 15 is 0 Å². The van der Waals surface area contributed by atoms with Gasteiger partial charge in [0.1, 0.15) is 5.65 Å². The topological polar surface area (TPSA) is 43.6 Å². The van der Waals surface area contributed by atoms with Crippen molar-refractivity contribution in [3.63, 3.8) is 0 Å². The first-order valence-electron chi connectivity index (χ1n) is 4.62. The van der Waals surface area contributed by atoms with Gasteiger partial charge in [0.2, 0.25) is 0 Å². The zero-order valence-corrected chi connectivity index (χ0v) is 9.16. The molecule has 0 aromatic carbocycles. The summed E-state index contributed by atoms with van der Waals surface area (Å²) in [5.41, 5.74) is 0.571. The number of nitrogens with zero attached hydrogens (tertiary/aromatic N) is 2. The molecule has 0 N–H and O–H groups in total. The molecule has 2 aromatic rings. The van der Waals surface area contributed by atoms with Gasteiger partial charge in [-0.3, -0.25) is 4.40 Å². The molecule has 0 amide bonds. The molecule has 6 heteroatoms. The third kappa shape index (κ3) is 1.74. The van der Waals surface area contributed by atoms with Crippen LogP contribution in [0.3, 0.4) is 0 Å². The Morgan fingerprint density at radius 3 is 3.12 bits per heavy atom. The molecule has 4 nitrogen and oxygen atoms in total. The Bertz CT molecular complexity index is 553. The normalized spacial score (nSPS) is 10.7. The van der Waals surface area contributed by atoms with E-state index in [1.165, 1.54) is 16.7 Å². The fraction of sp³-hybridized carbons (Fsp3) is 0.200. The Hall–Kier alpha value is -1.62. The van der Waals surface area contributed by atoms with Crippen LogP contribution >= 0.6 is 11.6 Å². The summed E-state index contributed by atoms with van der Waals surface area (Å²) in [5, 5.41) is -0.0338. The molecule has 0 bridgehead atoms. The average Bonchev–Trinajstić information content (AvgIpc) is 2.62. The van der Waals surface area contributed by atoms with Crippen LogP contribution in [0.4, 0.5) is 4.39 Å². The minimum atomic E-state index is -0.613. The molecule has 0 atom stereocenters. The summed E-state index contributed by atoms with van der Waals surface area (Å²) in [6.45, 7) is 1.95. The van der Waals surface area contributed by atoms with E-state index < -0.39 is 11.8 Å². The number of aromatic nitrogens is 2. The number of carbonyl (C=O) groups excluding carboxylic acids is 1. The number of esters is 1. The number of halogens is 2. The van der Waals surface area contributed by atoms with Crippen molar-refractivity contribution >= 4 is 23.2 Å². The summed E-state index contributed by atoms with van der Waals surface area (Å²) >= 11 is 5.59. The standard InChI is InChI=1S/C10H8ClFN2O2/c1-2-16-10(15)8-4-13-9-3-6(11)7(12)5-14(8)9/h3-5H,2H2,1H3. The summed E-state index contributed by atoms with van der Waals surface area (Å²) in [7, 11) is 0. The maximum atomic E-state index is 13.2. The summed E-state index contributed by atoms with van der Waals surface area (Å²) in [4.78, 5) is 15.4. The van der Waals surface area contributed by atoms with Crippen molar-refractivity contribution in [1.29, 1.82) is 0 Å². The van der Waals surface area contributed by atoms with E-state index in [0.29, 0.717) is 5.65 Å². The van der Waals surface area contributed by atoms with Crippen LogP contribution in [0.1, 0.15) is 17.4 Å². The number of hydrogen-bond acceptors (Lipinski definition) is 3. The van der Waals surface area contributed by atoms with Gasteiger partial charge in [0.05, 0.1) is 17.8 Å². The lowest BCUT2D eigenvalue weighted by Crippen LogP contribution is -2.08. The molecule has 2 heterocycles. The van der Waals surface area contributed by atoms with E-state index in [1.54, 1.807) is 6.92 Å². The Kier molecular flexibility index (Phi) is 2.78. The van der Waals surface area contributed by atoms with E-state index in [4.69, 9.17) is 16.3 Å². The molecule has 0 aliphatic rings. The van der Waals surface area contributed by atoms with Crippen LogP contribution in [-0.2, 0) is 4.74 Å². The highest BCUT2D eigenvalue weighted by Gasteiger charge is 2.14. The molecule has 0 unspecified atom stereocenters. The van der Waals surface area contributed by atoms with Crippen LogP contribution in [0.2, 0.25) is 5.02 Å². The number of fused-ring (bicyclic) bond motifs is 1. The number of ether oxygens (including phenoxy) is 1. The second-order valence-corrected chi connectivity index (χ2v) is 3.47. The number of pyridine rings is 1. The minimum absolute atomic E-state index is 0.0338. The Balaban J connectivity index is 2.56. The SMILES string of the molecule is CCOC(=O)c1cnc2cc(Cl)c(F)cn12. The highest BCUT2D eigenvalue weighted by Crippen LogP contribution is 2.18. The summed E-state index contributed by atoms with van der Waals surface area (Å²) in [6.07, 6.45) is 2.43. The van der Waals surface area contributed by atoms with Crippen molar-refractivity contribution in [3.8, 4) is 0 Å². The number of carbonyl (C=O) groups is 1. The van der Waals surface area contributed by atoms with Crippen molar-refractivity contribution in [2.45, 2.75) is 6.92 Å². The van der Waals surface area contributed by atoms with Crippen LogP contribution < -0.4 is 0 Å². The Labute approximate surface area is 95.6 Å².